The summed E-state index contributed by atoms with van der Waals surface area (Å²) in [6, 6.07) is 11.7. The molecule has 2 aromatic carbocycles. The molecule has 0 radical (unpaired) electrons. The van der Waals surface area contributed by atoms with Gasteiger partial charge < -0.3 is 19.5 Å². The number of rotatable bonds is 8. The summed E-state index contributed by atoms with van der Waals surface area (Å²) in [5, 5.41) is 2.62. The maximum Gasteiger partial charge on any atom is 0.331 e. The van der Waals surface area contributed by atoms with Crippen LogP contribution in [0.15, 0.2) is 48.5 Å². The molecule has 0 aliphatic heterocycles. The lowest BCUT2D eigenvalue weighted by Crippen LogP contribution is -2.29. The summed E-state index contributed by atoms with van der Waals surface area (Å²) in [6.45, 7) is 2.90. The van der Waals surface area contributed by atoms with Crippen LogP contribution in [0.25, 0.3) is 6.08 Å². The van der Waals surface area contributed by atoms with Crippen molar-refractivity contribution in [3.8, 4) is 11.5 Å². The average molecular weight is 397 g/mol. The van der Waals surface area contributed by atoms with Crippen molar-refractivity contribution in [2.75, 3.05) is 19.5 Å². The van der Waals surface area contributed by atoms with Gasteiger partial charge in [-0.05, 0) is 49.8 Å². The minimum atomic E-state index is -1.02. The highest BCUT2D eigenvalue weighted by Gasteiger charge is 2.17. The van der Waals surface area contributed by atoms with Crippen LogP contribution in [0.1, 0.15) is 29.8 Å². The lowest BCUT2D eigenvalue weighted by Gasteiger charge is -2.13. The normalized spacial score (nSPS) is 11.6. The highest BCUT2D eigenvalue weighted by Crippen LogP contribution is 2.23. The molecular formula is C22H23NO6. The fourth-order valence-electron chi connectivity index (χ4n) is 2.42. The van der Waals surface area contributed by atoms with E-state index < -0.39 is 18.0 Å². The number of anilines is 1. The second-order valence-electron chi connectivity index (χ2n) is 6.18. The Balaban J connectivity index is 1.97. The topological polar surface area (TPSA) is 90.9 Å². The summed E-state index contributed by atoms with van der Waals surface area (Å²) in [6.07, 6.45) is 1.73. The van der Waals surface area contributed by atoms with E-state index in [0.717, 1.165) is 0 Å². The molecule has 1 atom stereocenters. The summed E-state index contributed by atoms with van der Waals surface area (Å²) in [5.74, 6) is -0.127. The van der Waals surface area contributed by atoms with Gasteiger partial charge in [0.1, 0.15) is 11.5 Å². The molecule has 0 saturated carbocycles. The first kappa shape index (κ1) is 21.7. The average Bonchev–Trinajstić information content (AvgIpc) is 2.71. The van der Waals surface area contributed by atoms with Gasteiger partial charge in [0, 0.05) is 23.4 Å². The van der Waals surface area contributed by atoms with Crippen molar-refractivity contribution in [3.05, 3.63) is 59.7 Å². The van der Waals surface area contributed by atoms with Gasteiger partial charge in [-0.15, -0.1) is 0 Å². The fraction of sp³-hybridized carbons (Fsp3) is 0.227. The minimum Gasteiger partial charge on any atom is -0.497 e. The van der Waals surface area contributed by atoms with E-state index in [1.807, 2.05) is 0 Å². The first-order chi connectivity index (χ1) is 13.8. The Morgan fingerprint density at radius 2 is 1.66 bits per heavy atom. The number of nitrogens with one attached hydrogen (secondary N) is 1. The van der Waals surface area contributed by atoms with E-state index >= 15 is 0 Å². The van der Waals surface area contributed by atoms with Crippen LogP contribution in [-0.4, -0.2) is 38.0 Å². The number of hydrogen-bond donors (Lipinski definition) is 1. The molecule has 1 amide bonds. The molecule has 2 rings (SSSR count). The third-order valence-electron chi connectivity index (χ3n) is 3.98. The largest absolute Gasteiger partial charge is 0.497 e. The number of amides is 1. The predicted molar refractivity (Wildman–Crippen MR) is 109 cm³/mol. The summed E-state index contributed by atoms with van der Waals surface area (Å²) < 4.78 is 15.5. The lowest BCUT2D eigenvalue weighted by atomic mass is 10.1. The smallest absolute Gasteiger partial charge is 0.331 e. The van der Waals surface area contributed by atoms with Crippen LogP contribution in [-0.2, 0) is 14.3 Å². The third-order valence-corrected chi connectivity index (χ3v) is 3.98. The number of ketones is 1. The molecule has 0 aliphatic carbocycles. The van der Waals surface area contributed by atoms with Gasteiger partial charge in [-0.3, -0.25) is 9.59 Å². The Labute approximate surface area is 169 Å². The Hall–Kier alpha value is -3.61. The molecule has 7 nitrogen and oxygen atoms in total. The first-order valence-corrected chi connectivity index (χ1v) is 8.86. The summed E-state index contributed by atoms with van der Waals surface area (Å²) in [5.41, 5.74) is 1.60. The van der Waals surface area contributed by atoms with E-state index in [4.69, 9.17) is 14.2 Å². The predicted octanol–water partition coefficient (Wildman–Crippen LogP) is 3.49. The van der Waals surface area contributed by atoms with E-state index in [-0.39, 0.29) is 5.78 Å². The zero-order valence-corrected chi connectivity index (χ0v) is 16.7. The van der Waals surface area contributed by atoms with Crippen molar-refractivity contribution in [1.29, 1.82) is 0 Å². The highest BCUT2D eigenvalue weighted by atomic mass is 16.5. The van der Waals surface area contributed by atoms with E-state index in [9.17, 15) is 14.4 Å². The number of ether oxygens (including phenoxy) is 3. The summed E-state index contributed by atoms with van der Waals surface area (Å²) >= 11 is 0. The molecule has 0 aliphatic rings. The molecule has 2 aromatic rings. The van der Waals surface area contributed by atoms with Crippen LogP contribution in [0.4, 0.5) is 5.69 Å². The number of benzene rings is 2. The molecular weight excluding hydrogens is 374 g/mol. The molecule has 7 heteroatoms. The standard InChI is InChI=1S/C22H23NO6/c1-14(24)17-6-5-7-18(12-17)23-22(26)15(2)29-21(25)9-8-16-10-19(27-3)13-20(11-16)28-4/h5-13,15H,1-4H3,(H,23,26)/b9-8+/t15-/m0/s1. The van der Waals surface area contributed by atoms with Crippen LogP contribution in [0.5, 0.6) is 11.5 Å². The van der Waals surface area contributed by atoms with Crippen molar-refractivity contribution in [2.24, 2.45) is 0 Å². The molecule has 29 heavy (non-hydrogen) atoms. The highest BCUT2D eigenvalue weighted by molar-refractivity contribution is 5.99. The van der Waals surface area contributed by atoms with E-state index in [0.29, 0.717) is 28.3 Å². The van der Waals surface area contributed by atoms with Crippen molar-refractivity contribution in [1.82, 2.24) is 0 Å². The Morgan fingerprint density at radius 1 is 1.00 bits per heavy atom. The number of carbonyl (C=O) groups excluding carboxylic acids is 3. The Bertz CT molecular complexity index is 912. The SMILES string of the molecule is COc1cc(/C=C/C(=O)O[C@@H](C)C(=O)Nc2cccc(C(C)=O)c2)cc(OC)c1. The number of hydrogen-bond acceptors (Lipinski definition) is 6. The number of carbonyl (C=O) groups is 3. The van der Waals surface area contributed by atoms with Gasteiger partial charge in [0.2, 0.25) is 0 Å². The van der Waals surface area contributed by atoms with Crippen molar-refractivity contribution in [2.45, 2.75) is 20.0 Å². The summed E-state index contributed by atoms with van der Waals surface area (Å²) in [7, 11) is 3.06. The van der Waals surface area contributed by atoms with Gasteiger partial charge in [0.15, 0.2) is 11.9 Å². The second kappa shape index (κ2) is 10.1. The Morgan fingerprint density at radius 3 is 2.24 bits per heavy atom. The van der Waals surface area contributed by atoms with Crippen molar-refractivity contribution < 1.29 is 28.6 Å². The molecule has 1 N–H and O–H groups in total. The molecule has 0 unspecified atom stereocenters. The van der Waals surface area contributed by atoms with Crippen LogP contribution >= 0.6 is 0 Å². The van der Waals surface area contributed by atoms with Gasteiger partial charge in [0.25, 0.3) is 5.91 Å². The van der Waals surface area contributed by atoms with Crippen molar-refractivity contribution in [3.63, 3.8) is 0 Å². The Kier molecular flexibility index (Phi) is 7.54. The number of Topliss-reactive ketones (excluding diaryl/α,β-unsaturated/α-hetero) is 1. The van der Waals surface area contributed by atoms with Crippen LogP contribution < -0.4 is 14.8 Å². The molecule has 0 bridgehead atoms. The molecule has 0 aromatic heterocycles. The maximum atomic E-state index is 12.2. The van der Waals surface area contributed by atoms with Crippen LogP contribution in [0, 0.1) is 0 Å². The van der Waals surface area contributed by atoms with Crippen LogP contribution in [0.2, 0.25) is 0 Å². The number of esters is 1. The van der Waals surface area contributed by atoms with Crippen LogP contribution in [0.3, 0.4) is 0 Å². The third kappa shape index (κ3) is 6.49. The molecule has 152 valence electrons. The van der Waals surface area contributed by atoms with E-state index in [1.54, 1.807) is 42.5 Å². The zero-order valence-electron chi connectivity index (χ0n) is 16.7. The molecule has 0 fully saturated rings. The van der Waals surface area contributed by atoms with Gasteiger partial charge in [-0.25, -0.2) is 4.79 Å². The van der Waals surface area contributed by atoms with Gasteiger partial charge in [0.05, 0.1) is 14.2 Å². The quantitative estimate of drug-likeness (QED) is 0.417. The number of methoxy groups -OCH3 is 2. The van der Waals surface area contributed by atoms with Gasteiger partial charge in [-0.1, -0.05) is 12.1 Å². The molecule has 0 saturated heterocycles. The fourth-order valence-corrected chi connectivity index (χ4v) is 2.42. The monoisotopic (exact) mass is 397 g/mol. The second-order valence-corrected chi connectivity index (χ2v) is 6.18. The molecule has 0 spiro atoms. The lowest BCUT2D eigenvalue weighted by molar-refractivity contribution is -0.148. The minimum absolute atomic E-state index is 0.111. The zero-order chi connectivity index (χ0) is 21.4. The van der Waals surface area contributed by atoms with Gasteiger partial charge in [-0.2, -0.15) is 0 Å². The first-order valence-electron chi connectivity index (χ1n) is 8.86. The van der Waals surface area contributed by atoms with E-state index in [1.165, 1.54) is 40.2 Å². The summed E-state index contributed by atoms with van der Waals surface area (Å²) in [4.78, 5) is 35.7. The van der Waals surface area contributed by atoms with Crippen molar-refractivity contribution >= 4 is 29.4 Å². The maximum absolute atomic E-state index is 12.2. The van der Waals surface area contributed by atoms with Gasteiger partial charge >= 0.3 is 5.97 Å². The van der Waals surface area contributed by atoms with E-state index in [2.05, 4.69) is 5.32 Å². The molecule has 0 heterocycles.